The molecule has 4 heteroatoms. The summed E-state index contributed by atoms with van der Waals surface area (Å²) in [6.07, 6.45) is 8.08. The molecule has 0 aliphatic heterocycles. The Morgan fingerprint density at radius 2 is 1.81 bits per heavy atom. The van der Waals surface area contributed by atoms with Crippen LogP contribution in [-0.4, -0.2) is 0 Å². The van der Waals surface area contributed by atoms with Gasteiger partial charge < -0.3 is 0 Å². The second-order valence-corrected chi connectivity index (χ2v) is 7.71. The lowest BCUT2D eigenvalue weighted by Gasteiger charge is -2.20. The first kappa shape index (κ1) is 13.2. The third-order valence-corrected chi connectivity index (χ3v) is 6.05. The van der Waals surface area contributed by atoms with Gasteiger partial charge in [0.2, 0.25) is 0 Å². The van der Waals surface area contributed by atoms with Crippen molar-refractivity contribution in [3.63, 3.8) is 0 Å². The molecule has 1 aromatic heterocycles. The van der Waals surface area contributed by atoms with Gasteiger partial charge in [0.05, 0.1) is 8.67 Å². The molecule has 1 aliphatic carbocycles. The summed E-state index contributed by atoms with van der Waals surface area (Å²) in [5.41, 5.74) is 1.18. The molecular formula is C12H15BrCl2S. The zero-order valence-electron chi connectivity index (χ0n) is 9.02. The molecule has 0 radical (unpaired) electrons. The number of hydrogen-bond acceptors (Lipinski definition) is 1. The van der Waals surface area contributed by atoms with Gasteiger partial charge in [0, 0.05) is 4.83 Å². The Labute approximate surface area is 119 Å². The van der Waals surface area contributed by atoms with Crippen LogP contribution in [0.1, 0.15) is 48.9 Å². The van der Waals surface area contributed by atoms with Crippen molar-refractivity contribution in [2.24, 2.45) is 5.92 Å². The van der Waals surface area contributed by atoms with E-state index >= 15 is 0 Å². The van der Waals surface area contributed by atoms with E-state index in [1.54, 1.807) is 0 Å². The number of halogens is 3. The Bertz CT molecular complexity index is 343. The standard InChI is InChI=1S/C12H15BrCl2S/c13-11(8-5-3-1-2-4-6-8)9-7-10(14)16-12(9)15/h7-8,11H,1-6H2. The van der Waals surface area contributed by atoms with E-state index < -0.39 is 0 Å². The highest BCUT2D eigenvalue weighted by Crippen LogP contribution is 2.45. The van der Waals surface area contributed by atoms with Crippen LogP contribution >= 0.6 is 50.5 Å². The van der Waals surface area contributed by atoms with Crippen molar-refractivity contribution >= 4 is 50.5 Å². The van der Waals surface area contributed by atoms with E-state index in [4.69, 9.17) is 23.2 Å². The van der Waals surface area contributed by atoms with Gasteiger partial charge in [-0.25, -0.2) is 0 Å². The molecule has 0 spiro atoms. The van der Waals surface area contributed by atoms with E-state index in [9.17, 15) is 0 Å². The van der Waals surface area contributed by atoms with Crippen molar-refractivity contribution in [3.8, 4) is 0 Å². The van der Waals surface area contributed by atoms with Crippen molar-refractivity contribution < 1.29 is 0 Å². The second-order valence-electron chi connectivity index (χ2n) is 4.43. The van der Waals surface area contributed by atoms with Crippen LogP contribution in [0.3, 0.4) is 0 Å². The van der Waals surface area contributed by atoms with Crippen LogP contribution in [-0.2, 0) is 0 Å². The molecule has 1 saturated carbocycles. The number of rotatable bonds is 2. The Hall–Kier alpha value is 0.760. The average molecular weight is 342 g/mol. The summed E-state index contributed by atoms with van der Waals surface area (Å²) in [5.74, 6) is 0.714. The monoisotopic (exact) mass is 340 g/mol. The van der Waals surface area contributed by atoms with Crippen LogP contribution in [0.15, 0.2) is 6.07 Å². The maximum absolute atomic E-state index is 6.20. The quantitative estimate of drug-likeness (QED) is 0.427. The lowest BCUT2D eigenvalue weighted by molar-refractivity contribution is 0.455. The summed E-state index contributed by atoms with van der Waals surface area (Å²) in [6, 6.07) is 2.01. The van der Waals surface area contributed by atoms with Crippen LogP contribution in [0, 0.1) is 5.92 Å². The fourth-order valence-electron chi connectivity index (χ4n) is 2.40. The first-order chi connectivity index (χ1) is 7.68. The van der Waals surface area contributed by atoms with Gasteiger partial charge in [0.15, 0.2) is 0 Å². The van der Waals surface area contributed by atoms with Gasteiger partial charge in [-0.1, -0.05) is 64.8 Å². The first-order valence-electron chi connectivity index (χ1n) is 5.77. The zero-order valence-corrected chi connectivity index (χ0v) is 12.9. The number of alkyl halides is 1. The molecule has 0 saturated heterocycles. The Morgan fingerprint density at radius 1 is 1.19 bits per heavy atom. The van der Waals surface area contributed by atoms with E-state index in [1.165, 1.54) is 55.4 Å². The predicted molar refractivity (Wildman–Crippen MR) is 77.2 cm³/mol. The summed E-state index contributed by atoms with van der Waals surface area (Å²) in [5, 5.41) is 0. The van der Waals surface area contributed by atoms with E-state index in [2.05, 4.69) is 15.9 Å². The molecule has 1 aliphatic rings. The minimum absolute atomic E-state index is 0.377. The maximum Gasteiger partial charge on any atom is 0.0987 e. The van der Waals surface area contributed by atoms with Crippen molar-refractivity contribution in [1.82, 2.24) is 0 Å². The third kappa shape index (κ3) is 3.16. The van der Waals surface area contributed by atoms with Crippen LogP contribution < -0.4 is 0 Å². The van der Waals surface area contributed by atoms with Gasteiger partial charge in [-0.3, -0.25) is 0 Å². The summed E-state index contributed by atoms with van der Waals surface area (Å²) in [4.78, 5) is 0.377. The van der Waals surface area contributed by atoms with Gasteiger partial charge in [-0.2, -0.15) is 0 Å². The molecular weight excluding hydrogens is 327 g/mol. The molecule has 0 aromatic carbocycles. The molecule has 0 bridgehead atoms. The molecule has 0 nitrogen and oxygen atoms in total. The van der Waals surface area contributed by atoms with Crippen LogP contribution in [0.4, 0.5) is 0 Å². The summed E-state index contributed by atoms with van der Waals surface area (Å²) >= 11 is 17.5. The topological polar surface area (TPSA) is 0 Å². The van der Waals surface area contributed by atoms with Crippen molar-refractivity contribution in [2.75, 3.05) is 0 Å². The average Bonchev–Trinajstić information content (AvgIpc) is 2.49. The van der Waals surface area contributed by atoms with Crippen LogP contribution in [0.5, 0.6) is 0 Å². The largest absolute Gasteiger partial charge is 0.111 e. The Kier molecular flexibility index (Phi) is 5.02. The Morgan fingerprint density at radius 3 is 2.31 bits per heavy atom. The van der Waals surface area contributed by atoms with E-state index in [0.29, 0.717) is 10.7 Å². The Balaban J connectivity index is 2.10. The number of thiophene rings is 1. The lowest BCUT2D eigenvalue weighted by atomic mass is 9.93. The van der Waals surface area contributed by atoms with Crippen LogP contribution in [0.2, 0.25) is 8.67 Å². The van der Waals surface area contributed by atoms with Gasteiger partial charge >= 0.3 is 0 Å². The maximum atomic E-state index is 6.20. The second kappa shape index (κ2) is 6.08. The molecule has 1 aromatic rings. The normalized spacial score (nSPS) is 20.7. The molecule has 90 valence electrons. The number of hydrogen-bond donors (Lipinski definition) is 0. The van der Waals surface area contributed by atoms with E-state index in [0.717, 1.165) is 8.67 Å². The fraction of sp³-hybridized carbons (Fsp3) is 0.667. The molecule has 1 unspecified atom stereocenters. The van der Waals surface area contributed by atoms with Gasteiger partial charge in [0.1, 0.15) is 0 Å². The zero-order chi connectivity index (χ0) is 11.5. The SMILES string of the molecule is Clc1cc(C(Br)C2CCCCCC2)c(Cl)s1. The third-order valence-electron chi connectivity index (χ3n) is 3.29. The highest BCUT2D eigenvalue weighted by atomic mass is 79.9. The summed E-state index contributed by atoms with van der Waals surface area (Å²) < 4.78 is 1.63. The minimum atomic E-state index is 0.377. The minimum Gasteiger partial charge on any atom is -0.111 e. The molecule has 2 rings (SSSR count). The fourth-order valence-corrected chi connectivity index (χ4v) is 5.12. The van der Waals surface area contributed by atoms with Crippen molar-refractivity contribution in [2.45, 2.75) is 43.4 Å². The van der Waals surface area contributed by atoms with Crippen LogP contribution in [0.25, 0.3) is 0 Å². The van der Waals surface area contributed by atoms with Gasteiger partial charge in [-0.05, 0) is 30.4 Å². The lowest BCUT2D eigenvalue weighted by Crippen LogP contribution is -2.06. The smallest absolute Gasteiger partial charge is 0.0987 e. The summed E-state index contributed by atoms with van der Waals surface area (Å²) in [6.45, 7) is 0. The van der Waals surface area contributed by atoms with E-state index in [1.807, 2.05) is 6.07 Å². The van der Waals surface area contributed by atoms with Crippen molar-refractivity contribution in [3.05, 3.63) is 20.3 Å². The van der Waals surface area contributed by atoms with E-state index in [-0.39, 0.29) is 0 Å². The van der Waals surface area contributed by atoms with Gasteiger partial charge in [-0.15, -0.1) is 11.3 Å². The molecule has 1 fully saturated rings. The molecule has 1 heterocycles. The highest BCUT2D eigenvalue weighted by Gasteiger charge is 2.24. The van der Waals surface area contributed by atoms with Gasteiger partial charge in [0.25, 0.3) is 0 Å². The van der Waals surface area contributed by atoms with Crippen molar-refractivity contribution in [1.29, 1.82) is 0 Å². The molecule has 0 N–H and O–H groups in total. The predicted octanol–water partition coefficient (Wildman–Crippen LogP) is 6.46. The molecule has 16 heavy (non-hydrogen) atoms. The first-order valence-corrected chi connectivity index (χ1v) is 8.26. The molecule has 0 amide bonds. The molecule has 1 atom stereocenters. The summed E-state index contributed by atoms with van der Waals surface area (Å²) in [7, 11) is 0. The highest BCUT2D eigenvalue weighted by molar-refractivity contribution is 9.09.